The van der Waals surface area contributed by atoms with Crippen LogP contribution in [0.1, 0.15) is 49.8 Å². The van der Waals surface area contributed by atoms with Crippen LogP contribution in [-0.4, -0.2) is 5.11 Å². The zero-order chi connectivity index (χ0) is 17.0. The minimum absolute atomic E-state index is 0.254. The highest BCUT2D eigenvalue weighted by Gasteiger charge is 2.15. The van der Waals surface area contributed by atoms with E-state index >= 15 is 0 Å². The molecule has 0 unspecified atom stereocenters. The van der Waals surface area contributed by atoms with E-state index in [1.165, 1.54) is 12.8 Å². The van der Waals surface area contributed by atoms with Crippen molar-refractivity contribution in [3.05, 3.63) is 53.6 Å². The van der Waals surface area contributed by atoms with Gasteiger partial charge in [-0.3, -0.25) is 0 Å². The van der Waals surface area contributed by atoms with Crippen LogP contribution in [0.15, 0.2) is 36.9 Å². The Labute approximate surface area is 139 Å². The molecule has 0 saturated heterocycles. The molecule has 2 nitrogen and oxygen atoms in total. The molecule has 0 aromatic heterocycles. The number of anilines is 1. The summed E-state index contributed by atoms with van der Waals surface area (Å²) in [7, 11) is 0. The lowest BCUT2D eigenvalue weighted by Crippen LogP contribution is -1.97. The first-order chi connectivity index (χ1) is 10.9. The van der Waals surface area contributed by atoms with Crippen LogP contribution in [0, 0.1) is 6.92 Å². The summed E-state index contributed by atoms with van der Waals surface area (Å²) in [6, 6.07) is 10.0. The number of aryl methyl sites for hydroxylation is 2. The van der Waals surface area contributed by atoms with Crippen LogP contribution in [0.2, 0.25) is 0 Å². The first-order valence-electron chi connectivity index (χ1n) is 8.32. The monoisotopic (exact) mass is 309 g/mol. The minimum Gasteiger partial charge on any atom is -0.507 e. The summed E-state index contributed by atoms with van der Waals surface area (Å²) in [5, 5.41) is 10.6. The number of unbranched alkanes of at least 4 members (excludes halogenated alkanes) is 2. The molecular weight excluding hydrogens is 282 g/mol. The van der Waals surface area contributed by atoms with Gasteiger partial charge in [-0.05, 0) is 55.5 Å². The first kappa shape index (κ1) is 17.1. The van der Waals surface area contributed by atoms with Crippen LogP contribution in [0.4, 0.5) is 5.69 Å². The largest absolute Gasteiger partial charge is 0.507 e. The van der Waals surface area contributed by atoms with Gasteiger partial charge in [0.2, 0.25) is 0 Å². The number of benzene rings is 2. The van der Waals surface area contributed by atoms with E-state index in [9.17, 15) is 5.11 Å². The van der Waals surface area contributed by atoms with Crippen molar-refractivity contribution in [2.24, 2.45) is 0 Å². The maximum absolute atomic E-state index is 10.6. The van der Waals surface area contributed by atoms with E-state index in [4.69, 9.17) is 5.73 Å². The summed E-state index contributed by atoms with van der Waals surface area (Å²) in [6.07, 6.45) is 4.45. The average molecular weight is 309 g/mol. The molecule has 0 fully saturated rings. The third kappa shape index (κ3) is 3.95. The van der Waals surface area contributed by atoms with Crippen LogP contribution < -0.4 is 5.73 Å². The number of hydrogen-bond donors (Lipinski definition) is 2. The van der Waals surface area contributed by atoms with E-state index in [-0.39, 0.29) is 5.75 Å². The number of nitrogens with two attached hydrogens (primary N) is 1. The van der Waals surface area contributed by atoms with E-state index in [0.717, 1.165) is 40.7 Å². The molecule has 2 heteroatoms. The second-order valence-corrected chi connectivity index (χ2v) is 6.37. The highest BCUT2D eigenvalue weighted by molar-refractivity contribution is 5.89. The van der Waals surface area contributed by atoms with E-state index in [1.54, 1.807) is 0 Å². The zero-order valence-corrected chi connectivity index (χ0v) is 14.4. The van der Waals surface area contributed by atoms with Crippen LogP contribution >= 0.6 is 0 Å². The number of nitrogen functional groups attached to an aromatic ring is 1. The molecule has 0 aliphatic carbocycles. The number of hydrogen-bond acceptors (Lipinski definition) is 2. The Morgan fingerprint density at radius 2 is 1.91 bits per heavy atom. The fourth-order valence-corrected chi connectivity index (χ4v) is 2.96. The van der Waals surface area contributed by atoms with Gasteiger partial charge in [0.1, 0.15) is 5.75 Å². The number of phenols is 1. The second-order valence-electron chi connectivity index (χ2n) is 6.37. The van der Waals surface area contributed by atoms with Gasteiger partial charge in [0.25, 0.3) is 0 Å². The molecule has 0 aliphatic heterocycles. The van der Waals surface area contributed by atoms with E-state index in [1.807, 2.05) is 32.0 Å². The normalized spacial score (nSPS) is 10.7. The van der Waals surface area contributed by atoms with Crippen molar-refractivity contribution in [2.75, 3.05) is 5.73 Å². The van der Waals surface area contributed by atoms with Crippen molar-refractivity contribution in [3.63, 3.8) is 0 Å². The van der Waals surface area contributed by atoms with Gasteiger partial charge < -0.3 is 10.8 Å². The van der Waals surface area contributed by atoms with Gasteiger partial charge in [0.15, 0.2) is 0 Å². The van der Waals surface area contributed by atoms with Gasteiger partial charge in [-0.1, -0.05) is 55.7 Å². The molecule has 0 atom stereocenters. The quantitative estimate of drug-likeness (QED) is 0.530. The Morgan fingerprint density at radius 3 is 2.52 bits per heavy atom. The van der Waals surface area contributed by atoms with Crippen molar-refractivity contribution >= 4 is 11.3 Å². The number of allylic oxidation sites excluding steroid dienone is 1. The van der Waals surface area contributed by atoms with Crippen LogP contribution in [0.5, 0.6) is 5.75 Å². The molecule has 3 N–H and O–H groups in total. The second kappa shape index (κ2) is 7.36. The van der Waals surface area contributed by atoms with Crippen molar-refractivity contribution in [3.8, 4) is 16.9 Å². The summed E-state index contributed by atoms with van der Waals surface area (Å²) < 4.78 is 0. The molecule has 0 amide bonds. The Kier molecular flexibility index (Phi) is 5.49. The molecule has 0 radical (unpaired) electrons. The third-order valence-corrected chi connectivity index (χ3v) is 4.18. The first-order valence-corrected chi connectivity index (χ1v) is 8.32. The molecule has 2 rings (SSSR count). The lowest BCUT2D eigenvalue weighted by molar-refractivity contribution is 0.476. The molecule has 0 heterocycles. The maximum atomic E-state index is 10.6. The van der Waals surface area contributed by atoms with Gasteiger partial charge in [-0.15, -0.1) is 0 Å². The maximum Gasteiger partial charge on any atom is 0.125 e. The van der Waals surface area contributed by atoms with E-state index < -0.39 is 0 Å². The lowest BCUT2D eigenvalue weighted by Gasteiger charge is -2.16. The van der Waals surface area contributed by atoms with Crippen molar-refractivity contribution in [2.45, 2.75) is 46.5 Å². The van der Waals surface area contributed by atoms with E-state index in [2.05, 4.69) is 25.6 Å². The summed E-state index contributed by atoms with van der Waals surface area (Å²) in [6.45, 7) is 10.2. The van der Waals surface area contributed by atoms with Gasteiger partial charge in [-0.2, -0.15) is 0 Å². The van der Waals surface area contributed by atoms with Gasteiger partial charge in [0.05, 0.1) is 0 Å². The molecule has 0 aliphatic rings. The summed E-state index contributed by atoms with van der Waals surface area (Å²) in [4.78, 5) is 0. The number of rotatable bonds is 6. The van der Waals surface area contributed by atoms with Crippen LogP contribution in [0.3, 0.4) is 0 Å². The van der Waals surface area contributed by atoms with Gasteiger partial charge in [-0.25, -0.2) is 0 Å². The smallest absolute Gasteiger partial charge is 0.125 e. The molecule has 0 saturated carbocycles. The molecule has 2 aromatic rings. The molecule has 0 spiro atoms. The number of phenolic OH excluding ortho intramolecular Hbond substituents is 1. The standard InChI is InChI=1S/C21H27NO/c1-5-6-7-8-16-12-19(22)21(20(23)13-16)18-11-15(4)9-10-17(18)14(2)3/h9-13,23H,2,5-8,22H2,1,3-4H3. The minimum atomic E-state index is 0.254. The van der Waals surface area contributed by atoms with Gasteiger partial charge >= 0.3 is 0 Å². The molecule has 2 aromatic carbocycles. The Morgan fingerprint density at radius 1 is 1.17 bits per heavy atom. The third-order valence-electron chi connectivity index (χ3n) is 4.18. The summed E-state index contributed by atoms with van der Waals surface area (Å²) in [5.74, 6) is 0.254. The molecule has 122 valence electrons. The highest BCUT2D eigenvalue weighted by Crippen LogP contribution is 2.40. The fraction of sp³-hybridized carbons (Fsp3) is 0.333. The predicted molar refractivity (Wildman–Crippen MR) is 101 cm³/mol. The Balaban J connectivity index is 2.48. The van der Waals surface area contributed by atoms with E-state index in [0.29, 0.717) is 11.3 Å². The highest BCUT2D eigenvalue weighted by atomic mass is 16.3. The predicted octanol–water partition coefficient (Wildman–Crippen LogP) is 5.72. The number of aromatic hydroxyl groups is 1. The SMILES string of the molecule is C=C(C)c1ccc(C)cc1-c1c(N)cc(CCCCC)cc1O. The molecular formula is C21H27NO. The molecule has 23 heavy (non-hydrogen) atoms. The van der Waals surface area contributed by atoms with Crippen LogP contribution in [-0.2, 0) is 6.42 Å². The Bertz CT molecular complexity index is 693. The van der Waals surface area contributed by atoms with Crippen LogP contribution in [0.25, 0.3) is 16.7 Å². The Hall–Kier alpha value is -2.22. The summed E-state index contributed by atoms with van der Waals surface area (Å²) >= 11 is 0. The van der Waals surface area contributed by atoms with Crippen molar-refractivity contribution in [1.29, 1.82) is 0 Å². The topological polar surface area (TPSA) is 46.2 Å². The van der Waals surface area contributed by atoms with Gasteiger partial charge in [0, 0.05) is 11.3 Å². The average Bonchev–Trinajstić information content (AvgIpc) is 2.46. The summed E-state index contributed by atoms with van der Waals surface area (Å²) in [5.41, 5.74) is 12.8. The fourth-order valence-electron chi connectivity index (χ4n) is 2.96. The van der Waals surface area contributed by atoms with Crippen molar-refractivity contribution < 1.29 is 5.11 Å². The van der Waals surface area contributed by atoms with Crippen molar-refractivity contribution in [1.82, 2.24) is 0 Å². The molecule has 0 bridgehead atoms. The lowest BCUT2D eigenvalue weighted by atomic mass is 9.91. The zero-order valence-electron chi connectivity index (χ0n) is 14.4.